The fourth-order valence-electron chi connectivity index (χ4n) is 7.99. The Morgan fingerprint density at radius 1 is 0.490 bits per heavy atom. The second-order valence-electron chi connectivity index (χ2n) is 13.0. The van der Waals surface area contributed by atoms with Crippen LogP contribution in [-0.2, 0) is 0 Å². The van der Waals surface area contributed by atoms with Gasteiger partial charge in [-0.15, -0.1) is 0 Å². The first-order chi connectivity index (χ1) is 25.3. The Morgan fingerprint density at radius 3 is 1.96 bits per heavy atom. The molecule has 0 radical (unpaired) electrons. The lowest BCUT2D eigenvalue weighted by atomic mass is 9.90. The van der Waals surface area contributed by atoms with Crippen molar-refractivity contribution in [3.05, 3.63) is 170 Å². The van der Waals surface area contributed by atoms with Gasteiger partial charge < -0.3 is 4.42 Å². The molecule has 10 aromatic rings. The highest BCUT2D eigenvalue weighted by Crippen LogP contribution is 2.61. The number of aromatic nitrogens is 2. The van der Waals surface area contributed by atoms with Crippen molar-refractivity contribution in [3.8, 4) is 22.4 Å². The van der Waals surface area contributed by atoms with Crippen molar-refractivity contribution < 1.29 is 4.42 Å². The number of hydrogen-bond acceptors (Lipinski definition) is 4. The number of anilines is 2. The quantitative estimate of drug-likeness (QED) is 0.176. The fourth-order valence-corrected chi connectivity index (χ4v) is 10.5. The summed E-state index contributed by atoms with van der Waals surface area (Å²) in [6.45, 7) is 0. The third kappa shape index (κ3) is 4.18. The van der Waals surface area contributed by atoms with Crippen LogP contribution in [0.3, 0.4) is 0 Å². The largest absolute Gasteiger partial charge is 0.454 e. The van der Waals surface area contributed by atoms with Crippen LogP contribution in [0.15, 0.2) is 174 Å². The molecule has 11 rings (SSSR count). The van der Waals surface area contributed by atoms with E-state index in [1.54, 1.807) is 0 Å². The Hall–Kier alpha value is -6.35. The minimum atomic E-state index is -1.23. The third-order valence-electron chi connectivity index (χ3n) is 10.1. The van der Waals surface area contributed by atoms with E-state index in [9.17, 15) is 0 Å². The zero-order valence-electron chi connectivity index (χ0n) is 27.4. The molecule has 0 spiro atoms. The van der Waals surface area contributed by atoms with Crippen LogP contribution < -0.4 is 15.3 Å². The monoisotopic (exact) mass is 669 g/mol. The number of fused-ring (bicyclic) bond motifs is 13. The molecule has 3 heterocycles. The van der Waals surface area contributed by atoms with E-state index in [0.29, 0.717) is 5.95 Å². The zero-order valence-corrected chi connectivity index (χ0v) is 28.3. The van der Waals surface area contributed by atoms with Gasteiger partial charge >= 0.3 is 0 Å². The topological polar surface area (TPSA) is 42.2 Å². The van der Waals surface area contributed by atoms with Gasteiger partial charge in [-0.05, 0) is 33.7 Å². The molecule has 51 heavy (non-hydrogen) atoms. The van der Waals surface area contributed by atoms with Crippen LogP contribution in [0, 0.1) is 0 Å². The van der Waals surface area contributed by atoms with Gasteiger partial charge in [-0.2, -0.15) is 0 Å². The van der Waals surface area contributed by atoms with E-state index in [0.717, 1.165) is 55.3 Å². The number of benzene rings is 8. The molecule has 1 aliphatic rings. The van der Waals surface area contributed by atoms with Crippen molar-refractivity contribution in [2.75, 3.05) is 4.67 Å². The van der Waals surface area contributed by atoms with E-state index in [1.807, 2.05) is 6.07 Å². The first kappa shape index (κ1) is 28.5. The molecule has 1 atom stereocenters. The summed E-state index contributed by atoms with van der Waals surface area (Å²) >= 11 is 0. The lowest BCUT2D eigenvalue weighted by Gasteiger charge is -2.40. The molecule has 0 bridgehead atoms. The van der Waals surface area contributed by atoms with Gasteiger partial charge in [0, 0.05) is 43.5 Å². The molecule has 0 fully saturated rings. The highest BCUT2D eigenvalue weighted by Gasteiger charge is 2.40. The van der Waals surface area contributed by atoms with Crippen LogP contribution in [0.2, 0.25) is 0 Å². The Balaban J connectivity index is 1.37. The molecular weight excluding hydrogens is 642 g/mol. The van der Waals surface area contributed by atoms with Gasteiger partial charge in [0.15, 0.2) is 5.58 Å². The fraction of sp³-hybridized carbons (Fsp3) is 0. The molecule has 1 unspecified atom stereocenters. The lowest BCUT2D eigenvalue weighted by Crippen LogP contribution is -2.31. The molecule has 1 aliphatic heterocycles. The van der Waals surface area contributed by atoms with E-state index in [2.05, 4.69) is 168 Å². The molecule has 5 heteroatoms. The van der Waals surface area contributed by atoms with E-state index in [-0.39, 0.29) is 0 Å². The maximum absolute atomic E-state index is 7.04. The standard InChI is InChI=1S/C46H28N3OP/c1-3-16-30(17-4-1)43-35-23-11-13-25-37(35)47-46(48-43)49-44-42(34-22-10-9-21-33(34)40-36-24-12-14-26-38(36)50-45(40)44)41-32-20-8-7-15-29(32)27-28-39(41)51(49)31-18-5-2-6-19-31/h1-28H. The van der Waals surface area contributed by atoms with Gasteiger partial charge in [0.1, 0.15) is 11.3 Å². The van der Waals surface area contributed by atoms with Crippen LogP contribution in [0.4, 0.5) is 11.6 Å². The van der Waals surface area contributed by atoms with E-state index in [1.165, 1.54) is 37.7 Å². The normalized spacial score (nSPS) is 14.0. The number of furan rings is 1. The van der Waals surface area contributed by atoms with Crippen LogP contribution in [0.1, 0.15) is 0 Å². The Labute approximate surface area is 295 Å². The second kappa shape index (κ2) is 11.1. The highest BCUT2D eigenvalue weighted by atomic mass is 31.1. The summed E-state index contributed by atoms with van der Waals surface area (Å²) in [5.41, 5.74) is 7.98. The second-order valence-corrected chi connectivity index (χ2v) is 15.0. The van der Waals surface area contributed by atoms with Crippen LogP contribution >= 0.6 is 8.07 Å². The predicted octanol–water partition coefficient (Wildman–Crippen LogP) is 11.7. The Bertz CT molecular complexity index is 2990. The van der Waals surface area contributed by atoms with Crippen molar-refractivity contribution >= 4 is 84.7 Å². The maximum atomic E-state index is 7.04. The molecule has 0 N–H and O–H groups in total. The van der Waals surface area contributed by atoms with Crippen LogP contribution in [0.5, 0.6) is 0 Å². The van der Waals surface area contributed by atoms with Gasteiger partial charge in [-0.1, -0.05) is 158 Å². The third-order valence-corrected chi connectivity index (χ3v) is 12.5. The van der Waals surface area contributed by atoms with Crippen molar-refractivity contribution in [3.63, 3.8) is 0 Å². The average Bonchev–Trinajstić information content (AvgIpc) is 3.60. The van der Waals surface area contributed by atoms with E-state index < -0.39 is 8.07 Å². The summed E-state index contributed by atoms with van der Waals surface area (Å²) in [4.78, 5) is 11.0. The van der Waals surface area contributed by atoms with Gasteiger partial charge in [-0.25, -0.2) is 9.97 Å². The lowest BCUT2D eigenvalue weighted by molar-refractivity contribution is 0.669. The molecule has 0 amide bonds. The summed E-state index contributed by atoms with van der Waals surface area (Å²) in [7, 11) is -1.23. The summed E-state index contributed by atoms with van der Waals surface area (Å²) < 4.78 is 9.46. The minimum Gasteiger partial charge on any atom is -0.454 e. The highest BCUT2D eigenvalue weighted by molar-refractivity contribution is 7.75. The molecule has 4 nitrogen and oxygen atoms in total. The van der Waals surface area contributed by atoms with Crippen LogP contribution in [-0.4, -0.2) is 9.97 Å². The molecule has 8 aromatic carbocycles. The first-order valence-electron chi connectivity index (χ1n) is 17.2. The van der Waals surface area contributed by atoms with Gasteiger partial charge in [0.2, 0.25) is 5.95 Å². The first-order valence-corrected chi connectivity index (χ1v) is 18.5. The molecule has 0 aliphatic carbocycles. The number of hydrogen-bond donors (Lipinski definition) is 0. The maximum Gasteiger partial charge on any atom is 0.235 e. The molecule has 238 valence electrons. The van der Waals surface area contributed by atoms with Gasteiger partial charge in [0.25, 0.3) is 0 Å². The predicted molar refractivity (Wildman–Crippen MR) is 214 cm³/mol. The van der Waals surface area contributed by atoms with Crippen molar-refractivity contribution in [1.29, 1.82) is 0 Å². The van der Waals surface area contributed by atoms with Gasteiger partial charge in [0.05, 0.1) is 19.3 Å². The Morgan fingerprint density at radius 2 is 1.14 bits per heavy atom. The smallest absolute Gasteiger partial charge is 0.235 e. The van der Waals surface area contributed by atoms with Gasteiger partial charge in [-0.3, -0.25) is 4.67 Å². The zero-order chi connectivity index (χ0) is 33.5. The molecule has 0 saturated heterocycles. The summed E-state index contributed by atoms with van der Waals surface area (Å²) in [6.07, 6.45) is 0. The summed E-state index contributed by atoms with van der Waals surface area (Å²) in [5.74, 6) is 0.652. The molecule has 2 aromatic heterocycles. The number of nitrogens with zero attached hydrogens (tertiary/aromatic N) is 3. The summed E-state index contributed by atoms with van der Waals surface area (Å²) in [6, 6.07) is 60.2. The van der Waals surface area contributed by atoms with E-state index >= 15 is 0 Å². The van der Waals surface area contributed by atoms with E-state index in [4.69, 9.17) is 14.4 Å². The Kier molecular flexibility index (Phi) is 6.19. The number of para-hydroxylation sites is 2. The molecule has 0 saturated carbocycles. The van der Waals surface area contributed by atoms with Crippen molar-refractivity contribution in [1.82, 2.24) is 9.97 Å². The van der Waals surface area contributed by atoms with Crippen LogP contribution in [0.25, 0.3) is 76.8 Å². The molecular formula is C46H28N3OP. The number of rotatable bonds is 3. The minimum absolute atomic E-state index is 0.652. The average molecular weight is 670 g/mol. The summed E-state index contributed by atoms with van der Waals surface area (Å²) in [5, 5.41) is 10.5. The van der Waals surface area contributed by atoms with Crippen molar-refractivity contribution in [2.24, 2.45) is 0 Å². The SMILES string of the molecule is c1ccc(-c2nc(N3c4c(c5ccccc5c5c4oc4ccccc45)-c4c(ccc5ccccc45)P3c3ccccc3)nc3ccccc23)cc1. The van der Waals surface area contributed by atoms with Crippen molar-refractivity contribution in [2.45, 2.75) is 0 Å².